The molecular formula is C10H17N3O. The van der Waals surface area contributed by atoms with Gasteiger partial charge in [0.25, 0.3) is 5.91 Å². The van der Waals surface area contributed by atoms with Crippen LogP contribution in [0.1, 0.15) is 31.3 Å². The van der Waals surface area contributed by atoms with E-state index in [4.69, 9.17) is 0 Å². The molecule has 0 aromatic carbocycles. The maximum atomic E-state index is 11.6. The monoisotopic (exact) mass is 195 g/mol. The number of carbonyl (C=O) groups excluding carboxylic acids is 1. The summed E-state index contributed by atoms with van der Waals surface area (Å²) in [6.07, 6.45) is 1.62. The maximum Gasteiger partial charge on any atom is 0.269 e. The second kappa shape index (κ2) is 3.82. The molecule has 0 saturated carbocycles. The van der Waals surface area contributed by atoms with Gasteiger partial charge in [-0.05, 0) is 11.5 Å². The topological polar surface area (TPSA) is 46.9 Å². The van der Waals surface area contributed by atoms with Crippen molar-refractivity contribution >= 4 is 5.91 Å². The van der Waals surface area contributed by atoms with Crippen LogP contribution in [0.5, 0.6) is 0 Å². The van der Waals surface area contributed by atoms with Gasteiger partial charge >= 0.3 is 0 Å². The van der Waals surface area contributed by atoms with Crippen LogP contribution in [-0.4, -0.2) is 22.2 Å². The Bertz CT molecular complexity index is 322. The standard InChI is InChI=1S/C10H17N3O/c1-10(2,3)7-11-9(14)8-5-6-12-13(8)4/h5-6H,7H2,1-4H3,(H,11,14). The van der Waals surface area contributed by atoms with Crippen molar-refractivity contribution in [1.29, 1.82) is 0 Å². The summed E-state index contributed by atoms with van der Waals surface area (Å²) in [7, 11) is 1.76. The van der Waals surface area contributed by atoms with Gasteiger partial charge in [0.15, 0.2) is 0 Å². The van der Waals surface area contributed by atoms with E-state index in [0.29, 0.717) is 12.2 Å². The Morgan fingerprint density at radius 2 is 2.21 bits per heavy atom. The molecule has 1 aromatic rings. The number of aromatic nitrogens is 2. The Morgan fingerprint density at radius 1 is 1.57 bits per heavy atom. The maximum absolute atomic E-state index is 11.6. The van der Waals surface area contributed by atoms with Crippen LogP contribution in [0.3, 0.4) is 0 Å². The molecule has 1 heterocycles. The normalized spacial score (nSPS) is 11.4. The summed E-state index contributed by atoms with van der Waals surface area (Å²) in [6.45, 7) is 6.90. The lowest BCUT2D eigenvalue weighted by molar-refractivity contribution is 0.0930. The molecule has 0 aliphatic heterocycles. The SMILES string of the molecule is Cn1nccc1C(=O)NCC(C)(C)C. The molecule has 0 spiro atoms. The number of nitrogens with zero attached hydrogens (tertiary/aromatic N) is 2. The molecule has 1 amide bonds. The summed E-state index contributed by atoms with van der Waals surface area (Å²) in [5.74, 6) is -0.0695. The Kier molecular flexibility index (Phi) is 2.93. The molecule has 4 nitrogen and oxygen atoms in total. The van der Waals surface area contributed by atoms with Gasteiger partial charge in [-0.1, -0.05) is 20.8 Å². The predicted octanol–water partition coefficient (Wildman–Crippen LogP) is 1.20. The van der Waals surface area contributed by atoms with Crippen molar-refractivity contribution in [2.24, 2.45) is 12.5 Å². The quantitative estimate of drug-likeness (QED) is 0.770. The average Bonchev–Trinajstić information content (AvgIpc) is 2.46. The molecule has 14 heavy (non-hydrogen) atoms. The van der Waals surface area contributed by atoms with E-state index in [1.165, 1.54) is 0 Å². The van der Waals surface area contributed by atoms with E-state index in [-0.39, 0.29) is 11.3 Å². The molecule has 0 atom stereocenters. The molecule has 0 unspecified atom stereocenters. The first-order chi connectivity index (χ1) is 6.40. The molecule has 0 fully saturated rings. The molecule has 78 valence electrons. The highest BCUT2D eigenvalue weighted by molar-refractivity contribution is 5.92. The van der Waals surface area contributed by atoms with Crippen molar-refractivity contribution in [1.82, 2.24) is 15.1 Å². The summed E-state index contributed by atoms with van der Waals surface area (Å²) >= 11 is 0. The fourth-order valence-corrected chi connectivity index (χ4v) is 1.03. The summed E-state index contributed by atoms with van der Waals surface area (Å²) in [5.41, 5.74) is 0.697. The Labute approximate surface area is 84.3 Å². The molecule has 1 N–H and O–H groups in total. The number of carbonyl (C=O) groups is 1. The molecule has 4 heteroatoms. The zero-order valence-corrected chi connectivity index (χ0v) is 9.16. The Morgan fingerprint density at radius 3 is 2.64 bits per heavy atom. The van der Waals surface area contributed by atoms with Gasteiger partial charge in [0.1, 0.15) is 5.69 Å². The second-order valence-electron chi connectivity index (χ2n) is 4.58. The van der Waals surface area contributed by atoms with E-state index < -0.39 is 0 Å². The van der Waals surface area contributed by atoms with E-state index in [9.17, 15) is 4.79 Å². The fourth-order valence-electron chi connectivity index (χ4n) is 1.03. The number of hydrogen-bond acceptors (Lipinski definition) is 2. The summed E-state index contributed by atoms with van der Waals surface area (Å²) in [5, 5.41) is 6.80. The Balaban J connectivity index is 2.56. The first-order valence-corrected chi connectivity index (χ1v) is 4.66. The van der Waals surface area contributed by atoms with Crippen molar-refractivity contribution in [3.05, 3.63) is 18.0 Å². The summed E-state index contributed by atoms with van der Waals surface area (Å²) < 4.78 is 1.57. The highest BCUT2D eigenvalue weighted by atomic mass is 16.2. The van der Waals surface area contributed by atoms with Crippen LogP contribution < -0.4 is 5.32 Å². The predicted molar refractivity (Wildman–Crippen MR) is 55.0 cm³/mol. The molecule has 0 aliphatic carbocycles. The molecule has 0 aliphatic rings. The molecule has 1 rings (SSSR count). The van der Waals surface area contributed by atoms with Crippen LogP contribution in [0.25, 0.3) is 0 Å². The third-order valence-corrected chi connectivity index (χ3v) is 1.83. The van der Waals surface area contributed by atoms with Crippen LogP contribution in [0, 0.1) is 5.41 Å². The second-order valence-corrected chi connectivity index (χ2v) is 4.58. The van der Waals surface area contributed by atoms with Crippen LogP contribution in [0.15, 0.2) is 12.3 Å². The van der Waals surface area contributed by atoms with Gasteiger partial charge in [0.2, 0.25) is 0 Å². The van der Waals surface area contributed by atoms with Crippen LogP contribution in [-0.2, 0) is 7.05 Å². The minimum absolute atomic E-state index is 0.0695. The largest absolute Gasteiger partial charge is 0.350 e. The number of amides is 1. The highest BCUT2D eigenvalue weighted by Gasteiger charge is 2.14. The van der Waals surface area contributed by atoms with Crippen molar-refractivity contribution in [2.75, 3.05) is 6.54 Å². The average molecular weight is 195 g/mol. The van der Waals surface area contributed by atoms with Gasteiger partial charge in [-0.25, -0.2) is 0 Å². The zero-order chi connectivity index (χ0) is 10.8. The van der Waals surface area contributed by atoms with Crippen LogP contribution in [0.2, 0.25) is 0 Å². The van der Waals surface area contributed by atoms with Gasteiger partial charge in [0.05, 0.1) is 0 Å². The van der Waals surface area contributed by atoms with Crippen molar-refractivity contribution in [3.8, 4) is 0 Å². The van der Waals surface area contributed by atoms with Gasteiger partial charge in [0, 0.05) is 19.8 Å². The minimum Gasteiger partial charge on any atom is -0.350 e. The molecule has 0 bridgehead atoms. The number of hydrogen-bond donors (Lipinski definition) is 1. The number of rotatable bonds is 2. The van der Waals surface area contributed by atoms with Crippen molar-refractivity contribution < 1.29 is 4.79 Å². The third kappa shape index (κ3) is 2.87. The van der Waals surface area contributed by atoms with Crippen LogP contribution in [0.4, 0.5) is 0 Å². The fraction of sp³-hybridized carbons (Fsp3) is 0.600. The third-order valence-electron chi connectivity index (χ3n) is 1.83. The minimum atomic E-state index is -0.0695. The van der Waals surface area contributed by atoms with Gasteiger partial charge in [-0.2, -0.15) is 5.10 Å². The number of aryl methyl sites for hydroxylation is 1. The van der Waals surface area contributed by atoms with Crippen molar-refractivity contribution in [3.63, 3.8) is 0 Å². The van der Waals surface area contributed by atoms with E-state index in [0.717, 1.165) is 0 Å². The van der Waals surface area contributed by atoms with Gasteiger partial charge in [-0.3, -0.25) is 9.48 Å². The van der Waals surface area contributed by atoms with E-state index in [1.807, 2.05) is 0 Å². The van der Waals surface area contributed by atoms with Gasteiger partial charge in [-0.15, -0.1) is 0 Å². The summed E-state index contributed by atoms with van der Waals surface area (Å²) in [6, 6.07) is 1.71. The van der Waals surface area contributed by atoms with E-state index in [2.05, 4.69) is 31.2 Å². The van der Waals surface area contributed by atoms with E-state index in [1.54, 1.807) is 24.0 Å². The smallest absolute Gasteiger partial charge is 0.269 e. The lowest BCUT2D eigenvalue weighted by Crippen LogP contribution is -2.33. The van der Waals surface area contributed by atoms with Crippen molar-refractivity contribution in [2.45, 2.75) is 20.8 Å². The van der Waals surface area contributed by atoms with Gasteiger partial charge < -0.3 is 5.32 Å². The lowest BCUT2D eigenvalue weighted by Gasteiger charge is -2.18. The molecule has 0 radical (unpaired) electrons. The van der Waals surface area contributed by atoms with Crippen LogP contribution >= 0.6 is 0 Å². The zero-order valence-electron chi connectivity index (χ0n) is 9.16. The molecule has 1 aromatic heterocycles. The first kappa shape index (κ1) is 10.8. The summed E-state index contributed by atoms with van der Waals surface area (Å²) in [4.78, 5) is 11.6. The highest BCUT2D eigenvalue weighted by Crippen LogP contribution is 2.10. The molecular weight excluding hydrogens is 178 g/mol. The number of nitrogens with one attached hydrogen (secondary N) is 1. The first-order valence-electron chi connectivity index (χ1n) is 4.66. The Hall–Kier alpha value is -1.32. The van der Waals surface area contributed by atoms with E-state index >= 15 is 0 Å². The molecule has 0 saturated heterocycles. The lowest BCUT2D eigenvalue weighted by atomic mass is 9.97.